The third-order valence-corrected chi connectivity index (χ3v) is 3.67. The summed E-state index contributed by atoms with van der Waals surface area (Å²) in [6.07, 6.45) is 0. The van der Waals surface area contributed by atoms with Crippen LogP contribution < -0.4 is 0 Å². The van der Waals surface area contributed by atoms with E-state index in [1.165, 1.54) is 11.3 Å². The molecule has 2 rings (SSSR count). The van der Waals surface area contributed by atoms with Crippen molar-refractivity contribution in [2.24, 2.45) is 0 Å². The molecular formula is C9H4BrNOS. The molecule has 0 amide bonds. The number of fused-ring (bicyclic) bond motifs is 1. The zero-order valence-corrected chi connectivity index (χ0v) is 8.82. The predicted octanol–water partition coefficient (Wildman–Crippen LogP) is 3.24. The number of hydrogen-bond donors (Lipinski definition) is 1. The van der Waals surface area contributed by atoms with Crippen molar-refractivity contribution in [3.63, 3.8) is 0 Å². The number of aromatic hydroxyl groups is 1. The molecule has 64 valence electrons. The molecule has 2 aromatic rings. The van der Waals surface area contributed by atoms with Crippen LogP contribution in [0.4, 0.5) is 0 Å². The second kappa shape index (κ2) is 3.02. The first-order valence-corrected chi connectivity index (χ1v) is 5.19. The van der Waals surface area contributed by atoms with Gasteiger partial charge in [0.05, 0.1) is 5.56 Å². The van der Waals surface area contributed by atoms with Crippen molar-refractivity contribution < 1.29 is 5.11 Å². The molecule has 0 aliphatic heterocycles. The van der Waals surface area contributed by atoms with E-state index < -0.39 is 0 Å². The summed E-state index contributed by atoms with van der Waals surface area (Å²) in [6, 6.07) is 5.24. The molecule has 0 aliphatic rings. The Labute approximate surface area is 87.2 Å². The molecular weight excluding hydrogens is 250 g/mol. The van der Waals surface area contributed by atoms with Crippen LogP contribution in [-0.4, -0.2) is 5.11 Å². The summed E-state index contributed by atoms with van der Waals surface area (Å²) in [5.74, 6) is 0.0457. The van der Waals surface area contributed by atoms with Crippen LogP contribution in [0.1, 0.15) is 5.56 Å². The molecule has 1 heterocycles. The number of halogens is 1. The lowest BCUT2D eigenvalue weighted by Crippen LogP contribution is -1.75. The van der Waals surface area contributed by atoms with E-state index in [0.29, 0.717) is 5.56 Å². The largest absolute Gasteiger partial charge is 0.507 e. The second-order valence-corrected chi connectivity index (χ2v) is 4.33. The van der Waals surface area contributed by atoms with E-state index in [1.54, 1.807) is 12.1 Å². The maximum absolute atomic E-state index is 9.39. The van der Waals surface area contributed by atoms with Gasteiger partial charge in [-0.2, -0.15) is 5.26 Å². The fraction of sp³-hybridized carbons (Fsp3) is 0. The van der Waals surface area contributed by atoms with E-state index in [2.05, 4.69) is 15.9 Å². The van der Waals surface area contributed by atoms with Crippen molar-refractivity contribution >= 4 is 37.4 Å². The molecule has 0 aliphatic carbocycles. The highest BCUT2D eigenvalue weighted by molar-refractivity contribution is 9.10. The summed E-state index contributed by atoms with van der Waals surface area (Å²) in [6.45, 7) is 0. The Morgan fingerprint density at radius 2 is 2.23 bits per heavy atom. The fourth-order valence-electron chi connectivity index (χ4n) is 1.12. The smallest absolute Gasteiger partial charge is 0.134 e. The van der Waals surface area contributed by atoms with Crippen LogP contribution in [0.25, 0.3) is 10.1 Å². The number of nitrogens with zero attached hydrogens (tertiary/aromatic N) is 1. The minimum atomic E-state index is 0.0457. The van der Waals surface area contributed by atoms with Gasteiger partial charge in [0, 0.05) is 19.9 Å². The van der Waals surface area contributed by atoms with E-state index in [1.807, 2.05) is 11.4 Å². The first-order chi connectivity index (χ1) is 6.22. The molecule has 0 spiro atoms. The average Bonchev–Trinajstić information content (AvgIpc) is 2.46. The number of phenolic OH excluding ortho intramolecular Hbond substituents is 1. The zero-order valence-electron chi connectivity index (χ0n) is 6.41. The molecule has 0 saturated heterocycles. The molecule has 2 nitrogen and oxygen atoms in total. The molecule has 0 fully saturated rings. The van der Waals surface area contributed by atoms with Gasteiger partial charge in [-0.3, -0.25) is 0 Å². The molecule has 0 bridgehead atoms. The molecule has 0 saturated carbocycles. The van der Waals surface area contributed by atoms with Crippen molar-refractivity contribution in [2.45, 2.75) is 0 Å². The number of thiophene rings is 1. The van der Waals surface area contributed by atoms with Crippen molar-refractivity contribution in [3.8, 4) is 11.8 Å². The number of phenols is 1. The minimum Gasteiger partial charge on any atom is -0.507 e. The van der Waals surface area contributed by atoms with Crippen LogP contribution in [0.3, 0.4) is 0 Å². The van der Waals surface area contributed by atoms with Gasteiger partial charge >= 0.3 is 0 Å². The van der Waals surface area contributed by atoms with Crippen molar-refractivity contribution in [1.29, 1.82) is 5.26 Å². The first-order valence-electron chi connectivity index (χ1n) is 3.52. The SMILES string of the molecule is N#Cc1cc2c(Br)csc2cc1O. The highest BCUT2D eigenvalue weighted by Crippen LogP contribution is 2.34. The highest BCUT2D eigenvalue weighted by Gasteiger charge is 2.06. The molecule has 1 aromatic heterocycles. The molecule has 13 heavy (non-hydrogen) atoms. The van der Waals surface area contributed by atoms with Gasteiger partial charge in [0.1, 0.15) is 11.8 Å². The Morgan fingerprint density at radius 3 is 2.92 bits per heavy atom. The Bertz CT molecular complexity index is 512. The van der Waals surface area contributed by atoms with Crippen molar-refractivity contribution in [1.82, 2.24) is 0 Å². The number of rotatable bonds is 0. The van der Waals surface area contributed by atoms with Gasteiger partial charge in [0.2, 0.25) is 0 Å². The molecule has 4 heteroatoms. The second-order valence-electron chi connectivity index (χ2n) is 2.56. The number of nitriles is 1. The third-order valence-electron chi connectivity index (χ3n) is 1.77. The summed E-state index contributed by atoms with van der Waals surface area (Å²) in [7, 11) is 0. The molecule has 1 N–H and O–H groups in total. The Morgan fingerprint density at radius 1 is 1.46 bits per heavy atom. The summed E-state index contributed by atoms with van der Waals surface area (Å²) >= 11 is 4.91. The molecule has 1 aromatic carbocycles. The Balaban J connectivity index is 2.86. The van der Waals surface area contributed by atoms with Crippen molar-refractivity contribution in [3.05, 3.63) is 27.5 Å². The molecule has 0 atom stereocenters. The van der Waals surface area contributed by atoms with Crippen LogP contribution in [0.2, 0.25) is 0 Å². The van der Waals surface area contributed by atoms with E-state index in [0.717, 1.165) is 14.6 Å². The lowest BCUT2D eigenvalue weighted by Gasteiger charge is -1.95. The first kappa shape index (κ1) is 8.54. The monoisotopic (exact) mass is 253 g/mol. The van der Waals surface area contributed by atoms with Gasteiger partial charge in [-0.1, -0.05) is 0 Å². The van der Waals surface area contributed by atoms with E-state index in [-0.39, 0.29) is 5.75 Å². The van der Waals surface area contributed by atoms with Crippen molar-refractivity contribution in [2.75, 3.05) is 0 Å². The third kappa shape index (κ3) is 1.30. The summed E-state index contributed by atoms with van der Waals surface area (Å²) in [4.78, 5) is 0. The Hall–Kier alpha value is -1.05. The number of hydrogen-bond acceptors (Lipinski definition) is 3. The highest BCUT2D eigenvalue weighted by atomic mass is 79.9. The quantitative estimate of drug-likeness (QED) is 0.784. The fourth-order valence-corrected chi connectivity index (χ4v) is 2.69. The van der Waals surface area contributed by atoms with Crippen LogP contribution in [0.5, 0.6) is 5.75 Å². The maximum Gasteiger partial charge on any atom is 0.134 e. The maximum atomic E-state index is 9.39. The lowest BCUT2D eigenvalue weighted by atomic mass is 10.1. The zero-order chi connectivity index (χ0) is 9.42. The van der Waals surface area contributed by atoms with E-state index in [4.69, 9.17) is 5.26 Å². The summed E-state index contributed by atoms with van der Waals surface area (Å²) < 4.78 is 1.94. The van der Waals surface area contributed by atoms with Crippen LogP contribution in [0, 0.1) is 11.3 Å². The van der Waals surface area contributed by atoms with Gasteiger partial charge < -0.3 is 5.11 Å². The summed E-state index contributed by atoms with van der Waals surface area (Å²) in [5.41, 5.74) is 0.312. The topological polar surface area (TPSA) is 44.0 Å². The lowest BCUT2D eigenvalue weighted by molar-refractivity contribution is 0.474. The van der Waals surface area contributed by atoms with E-state index >= 15 is 0 Å². The van der Waals surface area contributed by atoms with Crippen LogP contribution in [0.15, 0.2) is 22.0 Å². The van der Waals surface area contributed by atoms with E-state index in [9.17, 15) is 5.11 Å². The normalized spacial score (nSPS) is 10.2. The number of benzene rings is 1. The minimum absolute atomic E-state index is 0.0457. The Kier molecular flexibility index (Phi) is 1.98. The van der Waals surface area contributed by atoms with Gasteiger partial charge in [-0.05, 0) is 28.1 Å². The molecule has 0 unspecified atom stereocenters. The van der Waals surface area contributed by atoms with Gasteiger partial charge in [0.25, 0.3) is 0 Å². The van der Waals surface area contributed by atoms with Crippen LogP contribution in [-0.2, 0) is 0 Å². The average molecular weight is 254 g/mol. The molecule has 0 radical (unpaired) electrons. The summed E-state index contributed by atoms with van der Waals surface area (Å²) in [5, 5.41) is 21.0. The standard InChI is InChI=1S/C9H4BrNOS/c10-7-4-13-9-2-8(12)5(3-11)1-6(7)9/h1-2,4,12H. The van der Waals surface area contributed by atoms with Crippen LogP contribution >= 0.6 is 27.3 Å². The predicted molar refractivity (Wildman–Crippen MR) is 55.9 cm³/mol. The van der Waals surface area contributed by atoms with Gasteiger partial charge in [-0.15, -0.1) is 11.3 Å². The van der Waals surface area contributed by atoms with Gasteiger partial charge in [0.15, 0.2) is 0 Å². The van der Waals surface area contributed by atoms with Gasteiger partial charge in [-0.25, -0.2) is 0 Å².